The Morgan fingerprint density at radius 1 is 1.43 bits per heavy atom. The summed E-state index contributed by atoms with van der Waals surface area (Å²) in [6.45, 7) is 8.08. The summed E-state index contributed by atoms with van der Waals surface area (Å²) in [5.41, 5.74) is -0.512. The molecule has 2 aliphatic rings. The largest absolute Gasteiger partial charge is 0.444 e. The van der Waals surface area contributed by atoms with Crippen molar-refractivity contribution >= 4 is 11.9 Å². The summed E-state index contributed by atoms with van der Waals surface area (Å²) >= 11 is 0. The molecule has 2 rings (SSSR count). The smallest absolute Gasteiger partial charge is 0.410 e. The Bertz CT molecular complexity index is 405. The van der Waals surface area contributed by atoms with Crippen molar-refractivity contribution in [2.24, 2.45) is 4.99 Å². The van der Waals surface area contributed by atoms with Crippen molar-refractivity contribution in [3.63, 3.8) is 0 Å². The summed E-state index contributed by atoms with van der Waals surface area (Å²) < 4.78 is 11.0. The SMILES string of the molecule is COC1(CNC2=NCCN(C(=O)OC(C)(C)C)C2)CCC1. The van der Waals surface area contributed by atoms with Crippen molar-refractivity contribution in [1.29, 1.82) is 0 Å². The molecule has 6 heteroatoms. The summed E-state index contributed by atoms with van der Waals surface area (Å²) in [4.78, 5) is 18.2. The second-order valence-corrected chi connectivity index (χ2v) is 6.82. The molecule has 120 valence electrons. The Balaban J connectivity index is 1.83. The van der Waals surface area contributed by atoms with Crippen LogP contribution in [0.3, 0.4) is 0 Å². The maximum Gasteiger partial charge on any atom is 0.410 e. The van der Waals surface area contributed by atoms with Crippen LogP contribution in [0.2, 0.25) is 0 Å². The molecule has 0 unspecified atom stereocenters. The van der Waals surface area contributed by atoms with Crippen LogP contribution >= 0.6 is 0 Å². The summed E-state index contributed by atoms with van der Waals surface area (Å²) in [6.07, 6.45) is 3.10. The van der Waals surface area contributed by atoms with Gasteiger partial charge >= 0.3 is 6.09 Å². The molecule has 1 fully saturated rings. The van der Waals surface area contributed by atoms with Gasteiger partial charge < -0.3 is 14.8 Å². The molecule has 0 aromatic rings. The molecule has 21 heavy (non-hydrogen) atoms. The van der Waals surface area contributed by atoms with Crippen molar-refractivity contribution in [2.75, 3.05) is 33.3 Å². The molecule has 0 atom stereocenters. The molecule has 0 radical (unpaired) electrons. The Morgan fingerprint density at radius 3 is 2.67 bits per heavy atom. The number of amidine groups is 1. The zero-order valence-electron chi connectivity index (χ0n) is 13.6. The molecule has 0 bridgehead atoms. The number of rotatable bonds is 3. The highest BCUT2D eigenvalue weighted by Gasteiger charge is 2.37. The Hall–Kier alpha value is -1.30. The molecule has 1 aliphatic heterocycles. The fourth-order valence-electron chi connectivity index (χ4n) is 2.50. The van der Waals surface area contributed by atoms with Crippen molar-refractivity contribution in [3.05, 3.63) is 0 Å². The first-order valence-corrected chi connectivity index (χ1v) is 7.64. The lowest BCUT2D eigenvalue weighted by atomic mass is 9.80. The lowest BCUT2D eigenvalue weighted by Gasteiger charge is -2.41. The molecular weight excluding hydrogens is 270 g/mol. The van der Waals surface area contributed by atoms with Crippen molar-refractivity contribution < 1.29 is 14.3 Å². The van der Waals surface area contributed by atoms with E-state index in [0.717, 1.165) is 25.2 Å². The first-order chi connectivity index (χ1) is 9.84. The van der Waals surface area contributed by atoms with Crippen molar-refractivity contribution in [3.8, 4) is 0 Å². The predicted octanol–water partition coefficient (Wildman–Crippen LogP) is 1.79. The Kier molecular flexibility index (Phi) is 4.76. The number of ether oxygens (including phenoxy) is 2. The molecule has 0 spiro atoms. The minimum absolute atomic E-state index is 0.0449. The van der Waals surface area contributed by atoms with E-state index in [1.165, 1.54) is 6.42 Å². The van der Waals surface area contributed by atoms with Crippen LogP contribution in [0, 0.1) is 0 Å². The monoisotopic (exact) mass is 297 g/mol. The van der Waals surface area contributed by atoms with Gasteiger partial charge in [-0.3, -0.25) is 9.89 Å². The van der Waals surface area contributed by atoms with E-state index in [9.17, 15) is 4.79 Å². The third-order valence-electron chi connectivity index (χ3n) is 3.98. The summed E-state index contributed by atoms with van der Waals surface area (Å²) in [5.74, 6) is 0.843. The van der Waals surface area contributed by atoms with Crippen LogP contribution in [0.25, 0.3) is 0 Å². The fourth-order valence-corrected chi connectivity index (χ4v) is 2.50. The van der Waals surface area contributed by atoms with Crippen LogP contribution in [-0.4, -0.2) is 61.3 Å². The zero-order chi connectivity index (χ0) is 15.5. The average Bonchev–Trinajstić information content (AvgIpc) is 2.36. The van der Waals surface area contributed by atoms with Gasteiger partial charge in [-0.25, -0.2) is 4.79 Å². The number of carbonyl (C=O) groups excluding carboxylic acids is 1. The molecular formula is C15H27N3O3. The van der Waals surface area contributed by atoms with Gasteiger partial charge in [0.05, 0.1) is 18.7 Å². The van der Waals surface area contributed by atoms with Gasteiger partial charge in [0, 0.05) is 20.2 Å². The number of amides is 1. The Morgan fingerprint density at radius 2 is 2.14 bits per heavy atom. The van der Waals surface area contributed by atoms with E-state index in [-0.39, 0.29) is 11.7 Å². The topological polar surface area (TPSA) is 63.2 Å². The third-order valence-corrected chi connectivity index (χ3v) is 3.98. The molecule has 1 saturated carbocycles. The number of hydrogen-bond acceptors (Lipinski definition) is 5. The van der Waals surface area contributed by atoms with Gasteiger partial charge in [0.25, 0.3) is 0 Å². The van der Waals surface area contributed by atoms with Gasteiger partial charge in [0.15, 0.2) is 0 Å². The first-order valence-electron chi connectivity index (χ1n) is 7.64. The van der Waals surface area contributed by atoms with Gasteiger partial charge in [0.2, 0.25) is 0 Å². The highest BCUT2D eigenvalue weighted by atomic mass is 16.6. The number of methoxy groups -OCH3 is 1. The lowest BCUT2D eigenvalue weighted by Crippen LogP contribution is -2.53. The van der Waals surface area contributed by atoms with Gasteiger partial charge in [0.1, 0.15) is 11.4 Å². The van der Waals surface area contributed by atoms with E-state index in [1.807, 2.05) is 20.8 Å². The molecule has 0 aromatic heterocycles. The lowest BCUT2D eigenvalue weighted by molar-refractivity contribution is -0.0666. The highest BCUT2D eigenvalue weighted by Crippen LogP contribution is 2.34. The third kappa shape index (κ3) is 4.33. The van der Waals surface area contributed by atoms with E-state index in [1.54, 1.807) is 12.0 Å². The maximum atomic E-state index is 12.1. The normalized spacial score (nSPS) is 21.3. The van der Waals surface area contributed by atoms with Gasteiger partial charge in [-0.15, -0.1) is 0 Å². The summed E-state index contributed by atoms with van der Waals surface area (Å²) in [6, 6.07) is 0. The fraction of sp³-hybridized carbons (Fsp3) is 0.867. The van der Waals surface area contributed by atoms with Gasteiger partial charge in [-0.1, -0.05) is 0 Å². The van der Waals surface area contributed by atoms with E-state index in [0.29, 0.717) is 19.6 Å². The van der Waals surface area contributed by atoms with Crippen LogP contribution in [-0.2, 0) is 9.47 Å². The summed E-state index contributed by atoms with van der Waals surface area (Å²) in [7, 11) is 1.76. The minimum atomic E-state index is -0.467. The van der Waals surface area contributed by atoms with Crippen LogP contribution in [0.15, 0.2) is 4.99 Å². The predicted molar refractivity (Wildman–Crippen MR) is 81.7 cm³/mol. The molecule has 1 heterocycles. The highest BCUT2D eigenvalue weighted by molar-refractivity contribution is 5.87. The van der Waals surface area contributed by atoms with Gasteiger partial charge in [-0.2, -0.15) is 0 Å². The number of carbonyl (C=O) groups is 1. The zero-order valence-corrected chi connectivity index (χ0v) is 13.6. The molecule has 0 saturated heterocycles. The van der Waals surface area contributed by atoms with Crippen molar-refractivity contribution in [1.82, 2.24) is 10.2 Å². The molecule has 1 aliphatic carbocycles. The quantitative estimate of drug-likeness (QED) is 0.862. The van der Waals surface area contributed by atoms with E-state index >= 15 is 0 Å². The van der Waals surface area contributed by atoms with E-state index < -0.39 is 5.60 Å². The molecule has 6 nitrogen and oxygen atoms in total. The molecule has 1 N–H and O–H groups in total. The molecule has 0 aromatic carbocycles. The minimum Gasteiger partial charge on any atom is -0.444 e. The van der Waals surface area contributed by atoms with E-state index in [2.05, 4.69) is 10.3 Å². The number of aliphatic imine (C=N–C) groups is 1. The Labute approximate surface area is 126 Å². The van der Waals surface area contributed by atoms with Crippen LogP contribution in [0.1, 0.15) is 40.0 Å². The number of nitrogens with zero attached hydrogens (tertiary/aromatic N) is 2. The number of hydrogen-bond donors (Lipinski definition) is 1. The van der Waals surface area contributed by atoms with Crippen LogP contribution in [0.5, 0.6) is 0 Å². The average molecular weight is 297 g/mol. The maximum absolute atomic E-state index is 12.1. The van der Waals surface area contributed by atoms with Gasteiger partial charge in [-0.05, 0) is 40.0 Å². The van der Waals surface area contributed by atoms with Crippen LogP contribution in [0.4, 0.5) is 4.79 Å². The second kappa shape index (κ2) is 6.22. The van der Waals surface area contributed by atoms with E-state index in [4.69, 9.17) is 9.47 Å². The first kappa shape index (κ1) is 16.1. The number of nitrogens with one attached hydrogen (secondary N) is 1. The van der Waals surface area contributed by atoms with Crippen molar-refractivity contribution in [2.45, 2.75) is 51.2 Å². The summed E-state index contributed by atoms with van der Waals surface area (Å²) in [5, 5.41) is 3.34. The molecule has 1 amide bonds. The second-order valence-electron chi connectivity index (χ2n) is 6.82. The van der Waals surface area contributed by atoms with Crippen LogP contribution < -0.4 is 5.32 Å². The standard InChI is InChI=1S/C15H27N3O3/c1-14(2,3)21-13(19)18-9-8-16-12(10-18)17-11-15(20-4)6-5-7-15/h5-11H2,1-4H3,(H,16,17).